The number of aliphatic hydroxyl groups is 1. The average molecular weight is 503 g/mol. The Morgan fingerprint density at radius 1 is 0.743 bits per heavy atom. The fourth-order valence-corrected chi connectivity index (χ4v) is 3.48. The number of carbonyl (C=O) groups is 4. The predicted molar refractivity (Wildman–Crippen MR) is 133 cm³/mol. The maximum Gasteiger partial charge on any atom is 0.326 e. The van der Waals surface area contributed by atoms with Crippen LogP contribution < -0.4 is 21.7 Å². The summed E-state index contributed by atoms with van der Waals surface area (Å²) in [5, 5.41) is 26.2. The van der Waals surface area contributed by atoms with E-state index < -0.39 is 54.5 Å². The summed E-state index contributed by atoms with van der Waals surface area (Å²) in [6, 6.07) is 13.1. The van der Waals surface area contributed by atoms with Crippen LogP contribution in [0.15, 0.2) is 60.7 Å². The summed E-state index contributed by atoms with van der Waals surface area (Å²) >= 11 is 4.08. The van der Waals surface area contributed by atoms with Crippen LogP contribution in [0.5, 0.6) is 0 Å². The van der Waals surface area contributed by atoms with Crippen LogP contribution in [-0.4, -0.2) is 70.4 Å². The number of thiol groups is 1. The summed E-state index contributed by atoms with van der Waals surface area (Å²) in [6.45, 7) is -0.782. The Morgan fingerprint density at radius 3 is 1.69 bits per heavy atom. The molecule has 0 spiro atoms. The smallest absolute Gasteiger partial charge is 0.326 e. The van der Waals surface area contributed by atoms with Gasteiger partial charge in [-0.25, -0.2) is 4.79 Å². The van der Waals surface area contributed by atoms with Crippen molar-refractivity contribution >= 4 is 36.3 Å². The second-order valence-corrected chi connectivity index (χ2v) is 8.24. The highest BCUT2D eigenvalue weighted by molar-refractivity contribution is 7.80. The first kappa shape index (κ1) is 27.8. The fourth-order valence-electron chi connectivity index (χ4n) is 3.22. The van der Waals surface area contributed by atoms with Gasteiger partial charge in [0.25, 0.3) is 0 Å². The topological polar surface area (TPSA) is 171 Å². The molecule has 7 N–H and O–H groups in total. The molecule has 188 valence electrons. The molecule has 0 bridgehead atoms. The molecule has 0 aliphatic carbocycles. The van der Waals surface area contributed by atoms with Gasteiger partial charge in [0.15, 0.2) is 0 Å². The molecule has 0 aliphatic rings. The van der Waals surface area contributed by atoms with Crippen molar-refractivity contribution in [3.8, 4) is 0 Å². The van der Waals surface area contributed by atoms with E-state index in [0.717, 1.165) is 5.56 Å². The summed E-state index contributed by atoms with van der Waals surface area (Å²) in [6.07, 6.45) is 0.274. The van der Waals surface area contributed by atoms with Gasteiger partial charge in [-0.05, 0) is 17.5 Å². The first-order chi connectivity index (χ1) is 16.7. The predicted octanol–water partition coefficient (Wildman–Crippen LogP) is -0.740. The van der Waals surface area contributed by atoms with Crippen molar-refractivity contribution in [2.45, 2.75) is 37.0 Å². The molecule has 2 aromatic carbocycles. The van der Waals surface area contributed by atoms with Crippen molar-refractivity contribution < 1.29 is 29.4 Å². The molecule has 35 heavy (non-hydrogen) atoms. The van der Waals surface area contributed by atoms with Gasteiger partial charge < -0.3 is 31.9 Å². The van der Waals surface area contributed by atoms with Gasteiger partial charge in [0.2, 0.25) is 17.7 Å². The summed E-state index contributed by atoms with van der Waals surface area (Å²) in [5.74, 6) is -3.60. The Hall–Kier alpha value is -3.41. The van der Waals surface area contributed by atoms with Crippen LogP contribution >= 0.6 is 12.6 Å². The molecular weight excluding hydrogens is 472 g/mol. The lowest BCUT2D eigenvalue weighted by molar-refractivity contribution is -0.142. The minimum absolute atomic E-state index is 0.0165. The minimum atomic E-state index is -1.43. The first-order valence-corrected chi connectivity index (χ1v) is 11.6. The summed E-state index contributed by atoms with van der Waals surface area (Å²) in [4.78, 5) is 49.3. The van der Waals surface area contributed by atoms with E-state index in [2.05, 4.69) is 28.6 Å². The van der Waals surface area contributed by atoms with Crippen molar-refractivity contribution in [2.24, 2.45) is 5.73 Å². The van der Waals surface area contributed by atoms with Crippen LogP contribution in [0, 0.1) is 0 Å². The third-order valence-corrected chi connectivity index (χ3v) is 5.53. The first-order valence-electron chi connectivity index (χ1n) is 10.9. The van der Waals surface area contributed by atoms with E-state index in [1.165, 1.54) is 0 Å². The van der Waals surface area contributed by atoms with Crippen molar-refractivity contribution in [1.29, 1.82) is 0 Å². The second-order valence-electron chi connectivity index (χ2n) is 7.87. The highest BCUT2D eigenvalue weighted by Gasteiger charge is 2.29. The normalized spacial score (nSPS) is 14.1. The lowest BCUT2D eigenvalue weighted by Crippen LogP contribution is -2.58. The van der Waals surface area contributed by atoms with Crippen LogP contribution in [0.25, 0.3) is 0 Å². The Kier molecular flexibility index (Phi) is 11.2. The Balaban J connectivity index is 1.95. The summed E-state index contributed by atoms with van der Waals surface area (Å²) in [7, 11) is 0. The number of nitrogens with two attached hydrogens (primary N) is 1. The standard InChI is InChI=1S/C24H30N4O6S/c25-17(11-15-7-3-1-4-8-15)21(30)28-20(14-35)23(32)27-19(13-29)22(31)26-18(24(33)34)12-16-9-5-2-6-10-16/h1-10,17-20,29,35H,11-14,25H2,(H,26,31)(H,27,32)(H,28,30)(H,33,34). The van der Waals surface area contributed by atoms with Crippen LogP contribution in [0.2, 0.25) is 0 Å². The highest BCUT2D eigenvalue weighted by atomic mass is 32.1. The van der Waals surface area contributed by atoms with E-state index >= 15 is 0 Å². The molecule has 2 rings (SSSR count). The summed E-state index contributed by atoms with van der Waals surface area (Å²) < 4.78 is 0. The lowest BCUT2D eigenvalue weighted by atomic mass is 10.1. The molecule has 0 radical (unpaired) electrons. The van der Waals surface area contributed by atoms with Crippen LogP contribution in [0.4, 0.5) is 0 Å². The van der Waals surface area contributed by atoms with E-state index in [4.69, 9.17) is 5.73 Å². The average Bonchev–Trinajstić information content (AvgIpc) is 2.86. The number of hydrogen-bond donors (Lipinski definition) is 7. The van der Waals surface area contributed by atoms with Crippen LogP contribution in [-0.2, 0) is 32.0 Å². The van der Waals surface area contributed by atoms with Crippen molar-refractivity contribution in [1.82, 2.24) is 16.0 Å². The third-order valence-electron chi connectivity index (χ3n) is 5.16. The Morgan fingerprint density at radius 2 is 1.20 bits per heavy atom. The van der Waals surface area contributed by atoms with Gasteiger partial charge in [0, 0.05) is 12.2 Å². The Bertz CT molecular complexity index is 992. The van der Waals surface area contributed by atoms with Crippen molar-refractivity contribution in [3.05, 3.63) is 71.8 Å². The minimum Gasteiger partial charge on any atom is -0.480 e. The third kappa shape index (κ3) is 9.04. The molecule has 10 nitrogen and oxygen atoms in total. The molecule has 11 heteroatoms. The summed E-state index contributed by atoms with van der Waals surface area (Å²) in [5.41, 5.74) is 7.48. The number of hydrogen-bond acceptors (Lipinski definition) is 7. The molecule has 0 fully saturated rings. The van der Waals surface area contributed by atoms with Gasteiger partial charge in [-0.15, -0.1) is 0 Å². The van der Waals surface area contributed by atoms with Gasteiger partial charge in [-0.3, -0.25) is 14.4 Å². The van der Waals surface area contributed by atoms with Crippen molar-refractivity contribution in [3.63, 3.8) is 0 Å². The second kappa shape index (κ2) is 14.1. The number of rotatable bonds is 13. The molecular formula is C24H30N4O6S. The number of carboxylic acid groups (broad SMARTS) is 1. The largest absolute Gasteiger partial charge is 0.480 e. The number of amides is 3. The molecule has 0 aliphatic heterocycles. The van der Waals surface area contributed by atoms with Gasteiger partial charge in [-0.1, -0.05) is 60.7 Å². The Labute approximate surface area is 208 Å². The SMILES string of the molecule is NC(Cc1ccccc1)C(=O)NC(CS)C(=O)NC(CO)C(=O)NC(Cc1ccccc1)C(=O)O. The molecule has 0 saturated heterocycles. The number of aliphatic hydroxyl groups excluding tert-OH is 1. The molecule has 0 saturated carbocycles. The van der Waals surface area contributed by atoms with Gasteiger partial charge in [0.05, 0.1) is 12.6 Å². The van der Waals surface area contributed by atoms with Crippen LogP contribution in [0.1, 0.15) is 11.1 Å². The molecule has 4 unspecified atom stereocenters. The van der Waals surface area contributed by atoms with E-state index in [0.29, 0.717) is 5.56 Å². The van der Waals surface area contributed by atoms with Crippen LogP contribution in [0.3, 0.4) is 0 Å². The fraction of sp³-hybridized carbons (Fsp3) is 0.333. The quantitative estimate of drug-likeness (QED) is 0.177. The zero-order chi connectivity index (χ0) is 25.8. The highest BCUT2D eigenvalue weighted by Crippen LogP contribution is 2.05. The van der Waals surface area contributed by atoms with Crippen molar-refractivity contribution in [2.75, 3.05) is 12.4 Å². The lowest BCUT2D eigenvalue weighted by Gasteiger charge is -2.23. The molecule has 0 aromatic heterocycles. The van der Waals surface area contributed by atoms with Gasteiger partial charge >= 0.3 is 5.97 Å². The molecule has 4 atom stereocenters. The van der Waals surface area contributed by atoms with E-state index in [1.807, 2.05) is 30.3 Å². The van der Waals surface area contributed by atoms with E-state index in [9.17, 15) is 29.4 Å². The number of carboxylic acids is 1. The number of nitrogens with one attached hydrogen (secondary N) is 3. The zero-order valence-corrected chi connectivity index (χ0v) is 19.9. The van der Waals surface area contributed by atoms with Gasteiger partial charge in [0.1, 0.15) is 18.1 Å². The monoisotopic (exact) mass is 502 g/mol. The molecule has 3 amide bonds. The number of aliphatic carboxylic acids is 1. The maximum atomic E-state index is 12.7. The van der Waals surface area contributed by atoms with E-state index in [-0.39, 0.29) is 18.6 Å². The van der Waals surface area contributed by atoms with E-state index in [1.54, 1.807) is 30.3 Å². The number of carbonyl (C=O) groups excluding carboxylic acids is 3. The number of benzene rings is 2. The molecule has 0 heterocycles. The van der Waals surface area contributed by atoms with Gasteiger partial charge in [-0.2, -0.15) is 12.6 Å². The molecule has 2 aromatic rings. The maximum absolute atomic E-state index is 12.7. The zero-order valence-electron chi connectivity index (χ0n) is 19.0.